The smallest absolute Gasteiger partial charge is 0.115 e. The van der Waals surface area contributed by atoms with Crippen LogP contribution in [0.3, 0.4) is 0 Å². The van der Waals surface area contributed by atoms with Crippen LogP contribution in [-0.2, 0) is 10.8 Å². The fourth-order valence-electron chi connectivity index (χ4n) is 7.94. The van der Waals surface area contributed by atoms with Gasteiger partial charge in [-0.3, -0.25) is 0 Å². The molecule has 0 aliphatic heterocycles. The van der Waals surface area contributed by atoms with Gasteiger partial charge in [0.2, 0.25) is 0 Å². The van der Waals surface area contributed by atoms with Crippen LogP contribution in [0.15, 0.2) is 132 Å². The van der Waals surface area contributed by atoms with Crippen molar-refractivity contribution in [2.45, 2.75) is 10.8 Å². The van der Waals surface area contributed by atoms with Gasteiger partial charge in [0.15, 0.2) is 0 Å². The molecule has 2 heterocycles. The summed E-state index contributed by atoms with van der Waals surface area (Å²) in [5, 5.41) is 45.5. The van der Waals surface area contributed by atoms with Crippen molar-refractivity contribution in [2.24, 2.45) is 0 Å². The molecular formula is C40H26O4S2. The van der Waals surface area contributed by atoms with Crippen molar-refractivity contribution < 1.29 is 20.4 Å². The van der Waals surface area contributed by atoms with E-state index in [4.69, 9.17) is 0 Å². The molecule has 0 amide bonds. The topological polar surface area (TPSA) is 80.9 Å². The van der Waals surface area contributed by atoms with Crippen molar-refractivity contribution >= 4 is 22.7 Å². The summed E-state index contributed by atoms with van der Waals surface area (Å²) >= 11 is 3.43. The molecule has 2 aliphatic carbocycles. The highest BCUT2D eigenvalue weighted by Crippen LogP contribution is 2.64. The molecule has 0 saturated heterocycles. The van der Waals surface area contributed by atoms with Gasteiger partial charge in [-0.15, -0.1) is 22.7 Å². The Morgan fingerprint density at radius 1 is 0.348 bits per heavy atom. The maximum atomic E-state index is 10.3. The molecule has 9 rings (SSSR count). The van der Waals surface area contributed by atoms with Crippen LogP contribution in [-0.4, -0.2) is 20.4 Å². The molecule has 7 aromatic rings. The van der Waals surface area contributed by atoms with Crippen LogP contribution in [0.1, 0.15) is 44.5 Å². The largest absolute Gasteiger partial charge is 0.508 e. The maximum absolute atomic E-state index is 10.3. The van der Waals surface area contributed by atoms with Crippen molar-refractivity contribution in [2.75, 3.05) is 0 Å². The minimum Gasteiger partial charge on any atom is -0.508 e. The van der Waals surface area contributed by atoms with Gasteiger partial charge in [-0.2, -0.15) is 0 Å². The summed E-state index contributed by atoms with van der Waals surface area (Å²) in [5.74, 6) is 0.826. The zero-order valence-corrected chi connectivity index (χ0v) is 25.9. The molecule has 0 atom stereocenters. The van der Waals surface area contributed by atoms with E-state index in [2.05, 4.69) is 35.0 Å². The third kappa shape index (κ3) is 3.43. The third-order valence-corrected chi connectivity index (χ3v) is 11.7. The molecular weight excluding hydrogens is 609 g/mol. The Bertz CT molecular complexity index is 2020. The van der Waals surface area contributed by atoms with Crippen molar-refractivity contribution in [1.82, 2.24) is 0 Å². The van der Waals surface area contributed by atoms with Gasteiger partial charge in [-0.1, -0.05) is 48.5 Å². The average molecular weight is 635 g/mol. The van der Waals surface area contributed by atoms with Crippen molar-refractivity contribution in [3.8, 4) is 43.9 Å². The molecule has 4 N–H and O–H groups in total. The van der Waals surface area contributed by atoms with Crippen LogP contribution in [0.5, 0.6) is 23.0 Å². The number of aromatic hydroxyl groups is 4. The molecule has 0 bridgehead atoms. The predicted octanol–water partition coefficient (Wildman–Crippen LogP) is 9.36. The first kappa shape index (κ1) is 27.0. The van der Waals surface area contributed by atoms with Crippen LogP contribution in [0.25, 0.3) is 20.9 Å². The average Bonchev–Trinajstić information content (AvgIpc) is 3.84. The molecule has 0 fully saturated rings. The highest BCUT2D eigenvalue weighted by atomic mass is 32.1. The minimum absolute atomic E-state index is 0.207. The molecule has 0 radical (unpaired) electrons. The quantitative estimate of drug-likeness (QED) is 0.156. The Morgan fingerprint density at radius 3 is 0.913 bits per heavy atom. The predicted molar refractivity (Wildman–Crippen MR) is 183 cm³/mol. The van der Waals surface area contributed by atoms with Crippen LogP contribution in [0.4, 0.5) is 0 Å². The monoisotopic (exact) mass is 634 g/mol. The van der Waals surface area contributed by atoms with Gasteiger partial charge in [0.05, 0.1) is 10.8 Å². The van der Waals surface area contributed by atoms with Gasteiger partial charge in [0.1, 0.15) is 23.0 Å². The first-order chi connectivity index (χ1) is 22.4. The van der Waals surface area contributed by atoms with E-state index in [1.165, 1.54) is 20.9 Å². The molecule has 6 heteroatoms. The second kappa shape index (κ2) is 9.60. The highest BCUT2D eigenvalue weighted by molar-refractivity contribution is 7.14. The van der Waals surface area contributed by atoms with E-state index in [1.54, 1.807) is 71.2 Å². The number of fused-ring (bicyclic) bond motifs is 6. The van der Waals surface area contributed by atoms with E-state index in [9.17, 15) is 20.4 Å². The Kier molecular flexibility index (Phi) is 5.64. The van der Waals surface area contributed by atoms with Crippen LogP contribution in [0, 0.1) is 0 Å². The van der Waals surface area contributed by atoms with Gasteiger partial charge >= 0.3 is 0 Å². The van der Waals surface area contributed by atoms with E-state index in [0.717, 1.165) is 44.5 Å². The molecule has 2 aliphatic rings. The number of rotatable bonds is 4. The highest BCUT2D eigenvalue weighted by Gasteiger charge is 2.52. The summed E-state index contributed by atoms with van der Waals surface area (Å²) in [5.41, 5.74) is 9.67. The molecule has 0 spiro atoms. The van der Waals surface area contributed by atoms with E-state index >= 15 is 0 Å². The summed E-state index contributed by atoms with van der Waals surface area (Å²) in [6, 6.07) is 39.1. The number of benzene rings is 5. The van der Waals surface area contributed by atoms with Gasteiger partial charge in [-0.05, 0) is 139 Å². The van der Waals surface area contributed by atoms with E-state index < -0.39 is 10.8 Å². The van der Waals surface area contributed by atoms with Gasteiger partial charge in [0, 0.05) is 9.75 Å². The molecule has 46 heavy (non-hydrogen) atoms. The Labute approximate surface area is 273 Å². The molecule has 222 valence electrons. The minimum atomic E-state index is -0.680. The van der Waals surface area contributed by atoms with E-state index in [0.29, 0.717) is 0 Å². The Hall–Kier alpha value is -5.30. The van der Waals surface area contributed by atoms with Gasteiger partial charge in [-0.25, -0.2) is 0 Å². The van der Waals surface area contributed by atoms with E-state index in [1.807, 2.05) is 48.5 Å². The first-order valence-electron chi connectivity index (χ1n) is 15.0. The lowest BCUT2D eigenvalue weighted by molar-refractivity contribution is 0.473. The number of hydrogen-bond acceptors (Lipinski definition) is 6. The fourth-order valence-corrected chi connectivity index (χ4v) is 9.90. The zero-order valence-electron chi connectivity index (χ0n) is 24.3. The lowest BCUT2D eigenvalue weighted by Crippen LogP contribution is -2.29. The van der Waals surface area contributed by atoms with Crippen LogP contribution in [0.2, 0.25) is 0 Å². The van der Waals surface area contributed by atoms with Crippen LogP contribution < -0.4 is 0 Å². The third-order valence-electron chi connectivity index (χ3n) is 9.79. The van der Waals surface area contributed by atoms with Gasteiger partial charge in [0.25, 0.3) is 0 Å². The lowest BCUT2D eigenvalue weighted by atomic mass is 9.66. The summed E-state index contributed by atoms with van der Waals surface area (Å²) in [7, 11) is 0. The van der Waals surface area contributed by atoms with Gasteiger partial charge < -0.3 is 20.4 Å². The van der Waals surface area contributed by atoms with Crippen molar-refractivity contribution in [3.63, 3.8) is 0 Å². The summed E-state index contributed by atoms with van der Waals surface area (Å²) in [6.45, 7) is 0. The van der Waals surface area contributed by atoms with Crippen LogP contribution >= 0.6 is 22.7 Å². The summed E-state index contributed by atoms with van der Waals surface area (Å²) in [4.78, 5) is 2.36. The lowest BCUT2D eigenvalue weighted by Gasteiger charge is -2.35. The van der Waals surface area contributed by atoms with E-state index in [-0.39, 0.29) is 23.0 Å². The molecule has 2 aromatic heterocycles. The molecule has 4 nitrogen and oxygen atoms in total. The maximum Gasteiger partial charge on any atom is 0.115 e. The molecule has 0 unspecified atom stereocenters. The second-order valence-electron chi connectivity index (χ2n) is 12.0. The van der Waals surface area contributed by atoms with Crippen molar-refractivity contribution in [1.29, 1.82) is 0 Å². The fraction of sp³-hybridized carbons (Fsp3) is 0.0500. The Balaban J connectivity index is 1.42. The number of thiophene rings is 2. The normalized spacial score (nSPS) is 14.8. The second-order valence-corrected chi connectivity index (χ2v) is 13.8. The zero-order chi connectivity index (χ0) is 31.2. The summed E-state index contributed by atoms with van der Waals surface area (Å²) in [6.07, 6.45) is 0. The number of phenolic OH excluding ortho intramolecular Hbond substituents is 4. The SMILES string of the molecule is Oc1ccc(C2(c3ccc(O)cc3)c3cc4c(cc3-c3sccc32)C(c2ccc(O)cc2)(c2ccc(O)cc2)c2ccsc2-4)cc1. The van der Waals surface area contributed by atoms with Crippen molar-refractivity contribution in [3.05, 3.63) is 177 Å². The molecule has 0 saturated carbocycles. The molecule has 5 aromatic carbocycles. The summed E-state index contributed by atoms with van der Waals surface area (Å²) < 4.78 is 0. The standard InChI is InChI=1S/C40H26O4S2/c41-27-9-1-23(2-10-27)39(24-3-11-28(42)12-4-24)33-17-19-45-37(33)31-22-36-32(21-35(31)39)38-34(18-20-46-38)40(36,25-5-13-29(43)14-6-25)26-7-15-30(44)16-8-26/h1-22,41-44H. The number of phenols is 4. The Morgan fingerprint density at radius 2 is 0.630 bits per heavy atom. The first-order valence-corrected chi connectivity index (χ1v) is 16.7. The number of hydrogen-bond donors (Lipinski definition) is 4.